The Morgan fingerprint density at radius 1 is 0.463 bits per heavy atom. The van der Waals surface area contributed by atoms with Crippen LogP contribution >= 0.6 is 0 Å². The number of aryl methyl sites for hydroxylation is 1. The number of esters is 2. The Morgan fingerprint density at radius 3 is 1.35 bits per heavy atom. The first kappa shape index (κ1) is 36.1. The third kappa shape index (κ3) is 8.18. The van der Waals surface area contributed by atoms with Crippen LogP contribution in [0.15, 0.2) is 127 Å². The molecule has 0 saturated heterocycles. The molecule has 7 rings (SSSR count). The van der Waals surface area contributed by atoms with Gasteiger partial charge < -0.3 is 28.4 Å². The molecule has 8 nitrogen and oxygen atoms in total. The quantitative estimate of drug-likeness (QED) is 0.0764. The molecular weight excluding hydrogens is 680 g/mol. The van der Waals surface area contributed by atoms with Gasteiger partial charge in [-0.25, -0.2) is 0 Å². The first-order chi connectivity index (χ1) is 26.4. The van der Waals surface area contributed by atoms with Crippen LogP contribution in [0.25, 0.3) is 43.1 Å². The lowest BCUT2D eigenvalue weighted by atomic mass is 9.98. The molecule has 7 aromatic carbocycles. The molecule has 54 heavy (non-hydrogen) atoms. The summed E-state index contributed by atoms with van der Waals surface area (Å²) >= 11 is 0. The maximum atomic E-state index is 12.2. The lowest BCUT2D eigenvalue weighted by Crippen LogP contribution is -2.30. The minimum absolute atomic E-state index is 0.0548. The summed E-state index contributed by atoms with van der Waals surface area (Å²) in [6.07, 6.45) is -0.563. The van der Waals surface area contributed by atoms with Crippen LogP contribution in [-0.4, -0.2) is 50.6 Å². The van der Waals surface area contributed by atoms with Crippen LogP contribution in [0.2, 0.25) is 0 Å². The second kappa shape index (κ2) is 16.6. The molecule has 0 aromatic heterocycles. The van der Waals surface area contributed by atoms with Crippen molar-refractivity contribution in [1.29, 1.82) is 0 Å². The molecule has 2 atom stereocenters. The van der Waals surface area contributed by atoms with Gasteiger partial charge in [-0.1, -0.05) is 116 Å². The molecule has 2 unspecified atom stereocenters. The number of rotatable bonds is 15. The van der Waals surface area contributed by atoms with Gasteiger partial charge in [0.05, 0.1) is 0 Å². The highest BCUT2D eigenvalue weighted by Crippen LogP contribution is 2.43. The van der Waals surface area contributed by atoms with E-state index in [1.165, 1.54) is 13.8 Å². The fourth-order valence-electron chi connectivity index (χ4n) is 6.74. The zero-order valence-corrected chi connectivity index (χ0v) is 30.6. The van der Waals surface area contributed by atoms with E-state index in [9.17, 15) is 9.59 Å². The zero-order chi connectivity index (χ0) is 37.4. The van der Waals surface area contributed by atoms with Crippen LogP contribution < -0.4 is 18.9 Å². The van der Waals surface area contributed by atoms with Gasteiger partial charge in [0, 0.05) is 46.2 Å². The molecule has 0 saturated carbocycles. The Bertz CT molecular complexity index is 2430. The molecule has 0 N–H and O–H groups in total. The molecule has 274 valence electrons. The van der Waals surface area contributed by atoms with Crippen molar-refractivity contribution in [3.8, 4) is 23.0 Å². The van der Waals surface area contributed by atoms with Gasteiger partial charge >= 0.3 is 11.9 Å². The van der Waals surface area contributed by atoms with E-state index in [4.69, 9.17) is 28.4 Å². The van der Waals surface area contributed by atoms with E-state index in [1.807, 2.05) is 115 Å². The van der Waals surface area contributed by atoms with Gasteiger partial charge in [-0.2, -0.15) is 0 Å². The highest BCUT2D eigenvalue weighted by molar-refractivity contribution is 6.11. The second-order valence-electron chi connectivity index (χ2n) is 13.1. The molecular formula is C46H42O8. The number of hydrogen-bond acceptors (Lipinski definition) is 8. The van der Waals surface area contributed by atoms with Crippen molar-refractivity contribution in [2.45, 2.75) is 39.4 Å². The van der Waals surface area contributed by atoms with Crippen molar-refractivity contribution >= 4 is 55.0 Å². The van der Waals surface area contributed by atoms with Crippen LogP contribution in [-0.2, 0) is 25.5 Å². The van der Waals surface area contributed by atoms with E-state index in [2.05, 4.69) is 19.1 Å². The number of fused-ring (bicyclic) bond motifs is 4. The lowest BCUT2D eigenvalue weighted by Gasteiger charge is -2.23. The summed E-state index contributed by atoms with van der Waals surface area (Å²) in [6.45, 7) is 5.17. The Kier molecular flexibility index (Phi) is 11.1. The predicted octanol–water partition coefficient (Wildman–Crippen LogP) is 9.64. The summed E-state index contributed by atoms with van der Waals surface area (Å²) in [7, 11) is 0. The standard InChI is InChI=1S/C46H42O8/c1-4-32-23-24-41-42(25-32)46(52-29-36(54-31(3)48)27-50-44-22-12-16-34-14-6-8-18-38(34)44)40-20-10-9-19-39(40)45(41)51-28-35(53-30(2)47)26-49-43-21-11-15-33-13-5-7-17-37(33)43/h5-25,35-36H,4,26-29H2,1-3H3. The van der Waals surface area contributed by atoms with E-state index in [0.717, 1.165) is 55.1 Å². The highest BCUT2D eigenvalue weighted by atomic mass is 16.6. The lowest BCUT2D eigenvalue weighted by molar-refractivity contribution is -0.150. The average molecular weight is 723 g/mol. The van der Waals surface area contributed by atoms with Crippen molar-refractivity contribution in [2.24, 2.45) is 0 Å². The number of hydrogen-bond donors (Lipinski definition) is 0. The van der Waals surface area contributed by atoms with E-state index in [0.29, 0.717) is 23.0 Å². The van der Waals surface area contributed by atoms with Gasteiger partial charge in [-0.3, -0.25) is 9.59 Å². The van der Waals surface area contributed by atoms with Crippen LogP contribution in [0.3, 0.4) is 0 Å². The fourth-order valence-corrected chi connectivity index (χ4v) is 6.74. The Morgan fingerprint density at radius 2 is 0.870 bits per heavy atom. The van der Waals surface area contributed by atoms with Crippen molar-refractivity contribution < 1.29 is 38.0 Å². The monoisotopic (exact) mass is 722 g/mol. The van der Waals surface area contributed by atoms with Gasteiger partial charge in [-0.15, -0.1) is 0 Å². The van der Waals surface area contributed by atoms with E-state index in [1.54, 1.807) is 0 Å². The number of carbonyl (C=O) groups is 2. The molecule has 0 bridgehead atoms. The fraction of sp³-hybridized carbons (Fsp3) is 0.217. The highest BCUT2D eigenvalue weighted by Gasteiger charge is 2.22. The van der Waals surface area contributed by atoms with E-state index >= 15 is 0 Å². The summed E-state index contributed by atoms with van der Waals surface area (Å²) in [5.74, 6) is 1.82. The summed E-state index contributed by atoms with van der Waals surface area (Å²) < 4.78 is 37.1. The molecule has 0 radical (unpaired) electrons. The first-order valence-electron chi connectivity index (χ1n) is 18.2. The molecule has 0 fully saturated rings. The summed E-state index contributed by atoms with van der Waals surface area (Å²) in [5.41, 5.74) is 1.12. The Hall–Kier alpha value is -6.28. The maximum absolute atomic E-state index is 12.2. The topological polar surface area (TPSA) is 89.5 Å². The molecule has 0 spiro atoms. The van der Waals surface area contributed by atoms with Gasteiger partial charge in [-0.05, 0) is 41.0 Å². The zero-order valence-electron chi connectivity index (χ0n) is 30.6. The van der Waals surface area contributed by atoms with Crippen molar-refractivity contribution in [2.75, 3.05) is 26.4 Å². The Labute approximate surface area is 314 Å². The molecule has 0 amide bonds. The van der Waals surface area contributed by atoms with Gasteiger partial charge in [0.2, 0.25) is 0 Å². The molecule has 0 heterocycles. The molecule has 0 aliphatic carbocycles. The molecule has 7 aromatic rings. The summed E-state index contributed by atoms with van der Waals surface area (Å²) in [5, 5.41) is 7.36. The third-order valence-corrected chi connectivity index (χ3v) is 9.24. The first-order valence-corrected chi connectivity index (χ1v) is 18.2. The number of ether oxygens (including phenoxy) is 6. The van der Waals surface area contributed by atoms with Crippen molar-refractivity contribution in [1.82, 2.24) is 0 Å². The smallest absolute Gasteiger partial charge is 0.303 e. The van der Waals surface area contributed by atoms with Crippen LogP contribution in [0.5, 0.6) is 23.0 Å². The Balaban J connectivity index is 1.17. The molecule has 0 aliphatic heterocycles. The van der Waals surface area contributed by atoms with Gasteiger partial charge in [0.1, 0.15) is 49.4 Å². The number of benzene rings is 7. The van der Waals surface area contributed by atoms with E-state index in [-0.39, 0.29) is 26.4 Å². The van der Waals surface area contributed by atoms with Crippen molar-refractivity contribution in [3.63, 3.8) is 0 Å². The van der Waals surface area contributed by atoms with E-state index < -0.39 is 24.1 Å². The van der Waals surface area contributed by atoms with Crippen LogP contribution in [0, 0.1) is 0 Å². The molecule has 0 aliphatic rings. The predicted molar refractivity (Wildman–Crippen MR) is 212 cm³/mol. The largest absolute Gasteiger partial charge is 0.489 e. The minimum Gasteiger partial charge on any atom is -0.489 e. The summed E-state index contributed by atoms with van der Waals surface area (Å²) in [6, 6.07) is 41.7. The summed E-state index contributed by atoms with van der Waals surface area (Å²) in [4.78, 5) is 24.4. The van der Waals surface area contributed by atoms with Gasteiger partial charge in [0.15, 0.2) is 12.2 Å². The molecule has 8 heteroatoms. The second-order valence-corrected chi connectivity index (χ2v) is 13.1. The van der Waals surface area contributed by atoms with Crippen molar-refractivity contribution in [3.05, 3.63) is 133 Å². The van der Waals surface area contributed by atoms with Crippen LogP contribution in [0.4, 0.5) is 0 Å². The third-order valence-electron chi connectivity index (χ3n) is 9.24. The SMILES string of the molecule is CCc1ccc2c(OCC(COc3cccc4ccccc34)OC(C)=O)c3ccccc3c(OCC(COc3cccc4ccccc34)OC(C)=O)c2c1. The number of carbonyl (C=O) groups excluding carboxylic acids is 2. The maximum Gasteiger partial charge on any atom is 0.303 e. The van der Waals surface area contributed by atoms with Crippen LogP contribution in [0.1, 0.15) is 26.3 Å². The normalized spacial score (nSPS) is 12.4. The van der Waals surface area contributed by atoms with Gasteiger partial charge in [0.25, 0.3) is 0 Å². The average Bonchev–Trinajstić information content (AvgIpc) is 3.19. The minimum atomic E-state index is -0.688.